The first-order valence-corrected chi connectivity index (χ1v) is 6.46. The van der Waals surface area contributed by atoms with E-state index >= 15 is 0 Å². The summed E-state index contributed by atoms with van der Waals surface area (Å²) in [6.07, 6.45) is 0. The normalized spacial score (nSPS) is 10.5. The number of nitrogen functional groups attached to an aromatic ring is 1. The molecule has 2 N–H and O–H groups in total. The standard InChI is InChI=1S/C13H9BrClF2NO/c14-9-2-3-10(16)8(13(9)17)6-19-12-4-1-7(15)5-11(12)18/h1-5H,6,18H2. The molecule has 0 saturated heterocycles. The molecule has 0 unspecified atom stereocenters. The number of halogens is 4. The van der Waals surface area contributed by atoms with E-state index in [-0.39, 0.29) is 16.6 Å². The first-order valence-electron chi connectivity index (χ1n) is 5.29. The number of hydrogen-bond acceptors (Lipinski definition) is 2. The monoisotopic (exact) mass is 347 g/mol. The van der Waals surface area contributed by atoms with Gasteiger partial charge in [-0.15, -0.1) is 0 Å². The highest BCUT2D eigenvalue weighted by Crippen LogP contribution is 2.27. The van der Waals surface area contributed by atoms with Crippen molar-refractivity contribution in [2.45, 2.75) is 6.61 Å². The van der Waals surface area contributed by atoms with Crippen molar-refractivity contribution in [3.8, 4) is 5.75 Å². The lowest BCUT2D eigenvalue weighted by molar-refractivity contribution is 0.294. The molecule has 2 nitrogen and oxygen atoms in total. The Kier molecular flexibility index (Phi) is 4.27. The molecule has 0 bridgehead atoms. The minimum absolute atomic E-state index is 0.163. The molecule has 0 aliphatic heterocycles. The van der Waals surface area contributed by atoms with Crippen LogP contribution in [-0.2, 0) is 6.61 Å². The fourth-order valence-corrected chi connectivity index (χ4v) is 2.05. The van der Waals surface area contributed by atoms with E-state index in [1.54, 1.807) is 12.1 Å². The third-order valence-electron chi connectivity index (χ3n) is 2.48. The molecule has 0 aliphatic rings. The van der Waals surface area contributed by atoms with E-state index in [0.717, 1.165) is 6.07 Å². The Bertz CT molecular complexity index is 622. The van der Waals surface area contributed by atoms with Crippen LogP contribution in [0.2, 0.25) is 5.02 Å². The Balaban J connectivity index is 2.21. The molecule has 6 heteroatoms. The number of anilines is 1. The topological polar surface area (TPSA) is 35.2 Å². The molecule has 0 atom stereocenters. The van der Waals surface area contributed by atoms with Gasteiger partial charge in [0, 0.05) is 5.02 Å². The number of ether oxygens (including phenoxy) is 1. The molecule has 2 rings (SSSR count). The Hall–Kier alpha value is -1.33. The van der Waals surface area contributed by atoms with Gasteiger partial charge in [0.2, 0.25) is 0 Å². The Morgan fingerprint density at radius 1 is 1.21 bits per heavy atom. The summed E-state index contributed by atoms with van der Waals surface area (Å²) >= 11 is 8.73. The zero-order valence-corrected chi connectivity index (χ0v) is 11.9. The van der Waals surface area contributed by atoms with E-state index in [9.17, 15) is 8.78 Å². The zero-order valence-electron chi connectivity index (χ0n) is 9.59. The van der Waals surface area contributed by atoms with Crippen LogP contribution in [0.15, 0.2) is 34.8 Å². The predicted octanol–water partition coefficient (Wildman–Crippen LogP) is 4.54. The third kappa shape index (κ3) is 3.16. The van der Waals surface area contributed by atoms with Crippen LogP contribution in [0.1, 0.15) is 5.56 Å². The summed E-state index contributed by atoms with van der Waals surface area (Å²) in [6.45, 7) is -0.261. The average molecular weight is 349 g/mol. The maximum absolute atomic E-state index is 13.7. The summed E-state index contributed by atoms with van der Waals surface area (Å²) in [6, 6.07) is 7.10. The molecule has 0 aliphatic carbocycles. The summed E-state index contributed by atoms with van der Waals surface area (Å²) < 4.78 is 32.7. The van der Waals surface area contributed by atoms with E-state index in [0.29, 0.717) is 16.5 Å². The number of hydrogen-bond donors (Lipinski definition) is 1. The largest absolute Gasteiger partial charge is 0.487 e. The van der Waals surface area contributed by atoms with Crippen LogP contribution in [0.5, 0.6) is 5.75 Å². The molecule has 0 radical (unpaired) electrons. The lowest BCUT2D eigenvalue weighted by Crippen LogP contribution is -2.04. The van der Waals surface area contributed by atoms with E-state index in [4.69, 9.17) is 22.1 Å². The fraction of sp³-hybridized carbons (Fsp3) is 0.0769. The highest BCUT2D eigenvalue weighted by Gasteiger charge is 2.13. The van der Waals surface area contributed by atoms with Crippen molar-refractivity contribution < 1.29 is 13.5 Å². The molecule has 0 heterocycles. The highest BCUT2D eigenvalue weighted by molar-refractivity contribution is 9.10. The summed E-state index contributed by atoms with van der Waals surface area (Å²) in [4.78, 5) is 0. The van der Waals surface area contributed by atoms with Gasteiger partial charge in [0.15, 0.2) is 0 Å². The summed E-state index contributed by atoms with van der Waals surface area (Å²) in [5.74, 6) is -1.04. The molecule has 2 aromatic rings. The molecule has 0 saturated carbocycles. The molecule has 0 fully saturated rings. The van der Waals surface area contributed by atoms with E-state index in [1.807, 2.05) is 0 Å². The fourth-order valence-electron chi connectivity index (χ4n) is 1.50. The minimum atomic E-state index is -0.687. The van der Waals surface area contributed by atoms with Gasteiger partial charge in [-0.25, -0.2) is 8.78 Å². The highest BCUT2D eigenvalue weighted by atomic mass is 79.9. The molecular weight excluding hydrogens is 340 g/mol. The number of benzene rings is 2. The first kappa shape index (κ1) is 14.1. The van der Waals surface area contributed by atoms with E-state index in [2.05, 4.69) is 15.9 Å². The van der Waals surface area contributed by atoms with Gasteiger partial charge in [-0.3, -0.25) is 0 Å². The maximum Gasteiger partial charge on any atom is 0.146 e. The Labute approximate surface area is 122 Å². The van der Waals surface area contributed by atoms with Crippen molar-refractivity contribution >= 4 is 33.2 Å². The Morgan fingerprint density at radius 2 is 1.95 bits per heavy atom. The quantitative estimate of drug-likeness (QED) is 0.653. The predicted molar refractivity (Wildman–Crippen MR) is 74.3 cm³/mol. The van der Waals surface area contributed by atoms with Crippen LogP contribution in [-0.4, -0.2) is 0 Å². The average Bonchev–Trinajstić information content (AvgIpc) is 2.36. The number of rotatable bonds is 3. The van der Waals surface area contributed by atoms with Gasteiger partial charge in [0.05, 0.1) is 15.7 Å². The lowest BCUT2D eigenvalue weighted by atomic mass is 10.2. The lowest BCUT2D eigenvalue weighted by Gasteiger charge is -2.11. The van der Waals surface area contributed by atoms with Crippen LogP contribution in [0.25, 0.3) is 0 Å². The van der Waals surface area contributed by atoms with Crippen molar-refractivity contribution in [2.24, 2.45) is 0 Å². The molecule has 19 heavy (non-hydrogen) atoms. The van der Waals surface area contributed by atoms with Gasteiger partial charge < -0.3 is 10.5 Å². The van der Waals surface area contributed by atoms with Crippen molar-refractivity contribution in [1.29, 1.82) is 0 Å². The van der Waals surface area contributed by atoms with E-state index in [1.165, 1.54) is 12.1 Å². The van der Waals surface area contributed by atoms with Crippen LogP contribution >= 0.6 is 27.5 Å². The van der Waals surface area contributed by atoms with Crippen molar-refractivity contribution in [2.75, 3.05) is 5.73 Å². The minimum Gasteiger partial charge on any atom is -0.487 e. The van der Waals surface area contributed by atoms with Crippen LogP contribution in [0, 0.1) is 11.6 Å². The summed E-state index contributed by atoms with van der Waals surface area (Å²) in [5, 5.41) is 0.463. The SMILES string of the molecule is Nc1cc(Cl)ccc1OCc1c(F)ccc(Br)c1F. The summed E-state index contributed by atoms with van der Waals surface area (Å²) in [5.41, 5.74) is 5.83. The van der Waals surface area contributed by atoms with Gasteiger partial charge in [-0.05, 0) is 46.3 Å². The molecule has 0 aromatic heterocycles. The maximum atomic E-state index is 13.7. The van der Waals surface area contributed by atoms with Crippen LogP contribution in [0.3, 0.4) is 0 Å². The number of nitrogens with two attached hydrogens (primary N) is 1. The first-order chi connectivity index (χ1) is 8.99. The molecule has 100 valence electrons. The van der Waals surface area contributed by atoms with Gasteiger partial charge in [-0.2, -0.15) is 0 Å². The van der Waals surface area contributed by atoms with Crippen molar-refractivity contribution in [1.82, 2.24) is 0 Å². The van der Waals surface area contributed by atoms with Crippen molar-refractivity contribution in [3.05, 3.63) is 57.0 Å². The molecular formula is C13H9BrClF2NO. The van der Waals surface area contributed by atoms with Crippen LogP contribution in [0.4, 0.5) is 14.5 Å². The zero-order chi connectivity index (χ0) is 14.0. The smallest absolute Gasteiger partial charge is 0.146 e. The van der Waals surface area contributed by atoms with Crippen molar-refractivity contribution in [3.63, 3.8) is 0 Å². The van der Waals surface area contributed by atoms with Gasteiger partial charge in [0.25, 0.3) is 0 Å². The Morgan fingerprint density at radius 3 is 2.63 bits per heavy atom. The molecule has 0 amide bonds. The molecule has 0 spiro atoms. The second kappa shape index (κ2) is 5.75. The van der Waals surface area contributed by atoms with E-state index < -0.39 is 11.6 Å². The second-order valence-electron chi connectivity index (χ2n) is 3.79. The van der Waals surface area contributed by atoms with Gasteiger partial charge in [-0.1, -0.05) is 11.6 Å². The third-order valence-corrected chi connectivity index (χ3v) is 3.33. The second-order valence-corrected chi connectivity index (χ2v) is 5.08. The summed E-state index contributed by atoms with van der Waals surface area (Å²) in [7, 11) is 0. The van der Waals surface area contributed by atoms with Gasteiger partial charge >= 0.3 is 0 Å². The molecule has 2 aromatic carbocycles. The van der Waals surface area contributed by atoms with Crippen LogP contribution < -0.4 is 10.5 Å². The van der Waals surface area contributed by atoms with Gasteiger partial charge in [0.1, 0.15) is 24.0 Å².